The maximum absolute atomic E-state index is 7.00. The summed E-state index contributed by atoms with van der Waals surface area (Å²) in [5.41, 5.74) is 0. The Morgan fingerprint density at radius 1 is 1.11 bits per heavy atom. The maximum Gasteiger partial charge on any atom is 1.00 e. The molecule has 1 rings (SSSR count). The predicted molar refractivity (Wildman–Crippen MR) is 30.1 cm³/mol. The van der Waals surface area contributed by atoms with Crippen LogP contribution in [-0.4, -0.2) is 30.9 Å². The van der Waals surface area contributed by atoms with Gasteiger partial charge in [-0.25, -0.2) is 0 Å². The predicted octanol–water partition coefficient (Wildman–Crippen LogP) is -2.77. The third-order valence-corrected chi connectivity index (χ3v) is 0.827. The second-order valence-electron chi connectivity index (χ2n) is 1.32. The monoisotopic (exact) mass is 160 g/mol. The first-order valence-electron chi connectivity index (χ1n) is 2.52. The van der Waals surface area contributed by atoms with Crippen molar-refractivity contribution >= 4 is 0 Å². The van der Waals surface area contributed by atoms with Crippen LogP contribution in [-0.2, 0) is 4.74 Å². The molecule has 0 radical (unpaired) electrons. The fourth-order valence-electron chi connectivity index (χ4n) is 0.510. The van der Waals surface area contributed by atoms with Gasteiger partial charge in [0.15, 0.2) is 0 Å². The molecule has 3 nitrogen and oxygen atoms in total. The average molecular weight is 160 g/mol. The molecule has 0 unspecified atom stereocenters. The summed E-state index contributed by atoms with van der Waals surface area (Å²) in [7, 11) is 1.00. The summed E-state index contributed by atoms with van der Waals surface area (Å²) in [6.07, 6.45) is 2.56. The molecule has 0 saturated carbocycles. The smallest absolute Gasteiger partial charge is 0.870 e. The Morgan fingerprint density at radius 3 is 1.56 bits per heavy atom. The van der Waals surface area contributed by atoms with Crippen molar-refractivity contribution < 1.29 is 66.7 Å². The van der Waals surface area contributed by atoms with Crippen LogP contribution >= 0.6 is 0 Å². The summed E-state index contributed by atoms with van der Waals surface area (Å²) in [5.74, 6) is 0. The molecule has 0 amide bonds. The van der Waals surface area contributed by atoms with Crippen LogP contribution in [0.4, 0.5) is 0 Å². The van der Waals surface area contributed by atoms with E-state index in [0.717, 1.165) is 20.3 Å². The minimum Gasteiger partial charge on any atom is -0.870 e. The first-order valence-corrected chi connectivity index (χ1v) is 2.52. The maximum atomic E-state index is 7.00. The van der Waals surface area contributed by atoms with E-state index in [9.17, 15) is 0 Å². The molecule has 1 fully saturated rings. The fourth-order valence-corrected chi connectivity index (χ4v) is 0.510. The molecule has 52 valence electrons. The number of ether oxygens (including phenoxy) is 1. The van der Waals surface area contributed by atoms with E-state index in [0.29, 0.717) is 0 Å². The zero-order valence-corrected chi connectivity index (χ0v) is 9.25. The summed E-state index contributed by atoms with van der Waals surface area (Å²) in [6.45, 7) is 2.00. The van der Waals surface area contributed by atoms with Crippen molar-refractivity contribution in [1.82, 2.24) is 0 Å². The molecule has 0 aromatic carbocycles. The van der Waals surface area contributed by atoms with Crippen molar-refractivity contribution in [3.05, 3.63) is 0 Å². The Morgan fingerprint density at radius 2 is 1.44 bits per heavy atom. The van der Waals surface area contributed by atoms with E-state index in [-0.39, 0.29) is 56.9 Å². The van der Waals surface area contributed by atoms with Crippen LogP contribution in [0.25, 0.3) is 0 Å². The molecule has 4 heteroatoms. The summed E-state index contributed by atoms with van der Waals surface area (Å²) in [6, 6.07) is 0. The van der Waals surface area contributed by atoms with Crippen LogP contribution in [0.3, 0.4) is 0 Å². The van der Waals surface area contributed by atoms with Crippen LogP contribution < -0.4 is 51.4 Å². The van der Waals surface area contributed by atoms with E-state index >= 15 is 0 Å². The van der Waals surface area contributed by atoms with Gasteiger partial charge in [-0.3, -0.25) is 0 Å². The molecule has 0 spiro atoms. The Balaban J connectivity index is -0.0000000836. The molecule has 0 atom stereocenters. The van der Waals surface area contributed by atoms with Crippen LogP contribution in [0.1, 0.15) is 12.8 Å². The summed E-state index contributed by atoms with van der Waals surface area (Å²) < 4.78 is 4.94. The van der Waals surface area contributed by atoms with Gasteiger partial charge in [0.2, 0.25) is 0 Å². The van der Waals surface area contributed by atoms with E-state index in [2.05, 4.69) is 0 Å². The van der Waals surface area contributed by atoms with Gasteiger partial charge in [-0.1, -0.05) is 0 Å². The topological polar surface area (TPSA) is 59.5 Å². The number of aliphatic hydroxyl groups is 1. The standard InChI is InChI=1S/C4H8O.CH4O.K.H2O/c1-2-4-5-3-1;1-2;;/h1-4H2;2H,1H3;;1H2/q;;+1;/p-1. The van der Waals surface area contributed by atoms with Crippen LogP contribution in [0.15, 0.2) is 0 Å². The number of hydrogen-bond acceptors (Lipinski definition) is 3. The molecule has 0 aliphatic carbocycles. The van der Waals surface area contributed by atoms with Gasteiger partial charge >= 0.3 is 51.4 Å². The van der Waals surface area contributed by atoms with Gasteiger partial charge < -0.3 is 15.3 Å². The van der Waals surface area contributed by atoms with Crippen molar-refractivity contribution in [3.8, 4) is 0 Å². The van der Waals surface area contributed by atoms with Gasteiger partial charge in [0.25, 0.3) is 0 Å². The first-order chi connectivity index (χ1) is 3.50. The van der Waals surface area contributed by atoms with Crippen molar-refractivity contribution in [2.24, 2.45) is 0 Å². The van der Waals surface area contributed by atoms with Gasteiger partial charge in [0.05, 0.1) is 0 Å². The molecule has 0 aromatic heterocycles. The van der Waals surface area contributed by atoms with Crippen molar-refractivity contribution in [1.29, 1.82) is 0 Å². The minimum atomic E-state index is 0. The summed E-state index contributed by atoms with van der Waals surface area (Å²) >= 11 is 0. The number of hydrogen-bond donors (Lipinski definition) is 1. The molecule has 1 aliphatic heterocycles. The third kappa shape index (κ3) is 12.7. The number of rotatable bonds is 0. The normalized spacial score (nSPS) is 14.0. The Bertz CT molecular complexity index is 23.8. The van der Waals surface area contributed by atoms with Crippen molar-refractivity contribution in [3.63, 3.8) is 0 Å². The van der Waals surface area contributed by atoms with Crippen LogP contribution in [0.5, 0.6) is 0 Å². The van der Waals surface area contributed by atoms with Crippen LogP contribution in [0.2, 0.25) is 0 Å². The van der Waals surface area contributed by atoms with Gasteiger partial charge in [0.1, 0.15) is 0 Å². The fraction of sp³-hybridized carbons (Fsp3) is 1.00. The second kappa shape index (κ2) is 16.3. The van der Waals surface area contributed by atoms with E-state index in [1.54, 1.807) is 0 Å². The SMILES string of the molecule is C1CCOC1.CO.[K+].[OH-]. The Labute approximate surface area is 98.5 Å². The van der Waals surface area contributed by atoms with Crippen molar-refractivity contribution in [2.45, 2.75) is 12.8 Å². The van der Waals surface area contributed by atoms with E-state index in [1.807, 2.05) is 0 Å². The van der Waals surface area contributed by atoms with Crippen molar-refractivity contribution in [2.75, 3.05) is 20.3 Å². The molecular weight excluding hydrogens is 147 g/mol. The molecule has 2 N–H and O–H groups in total. The second-order valence-corrected chi connectivity index (χ2v) is 1.32. The van der Waals surface area contributed by atoms with E-state index in [4.69, 9.17) is 9.84 Å². The number of aliphatic hydroxyl groups excluding tert-OH is 1. The van der Waals surface area contributed by atoms with Crippen LogP contribution in [0, 0.1) is 0 Å². The molecule has 1 aliphatic rings. The molecule has 1 saturated heterocycles. The van der Waals surface area contributed by atoms with E-state index in [1.165, 1.54) is 12.8 Å². The molecule has 9 heavy (non-hydrogen) atoms. The Kier molecular flexibility index (Phi) is 30.4. The molecule has 0 aromatic rings. The van der Waals surface area contributed by atoms with E-state index < -0.39 is 0 Å². The largest absolute Gasteiger partial charge is 1.00 e. The zero-order valence-electron chi connectivity index (χ0n) is 6.13. The molecular formula is C5H13KO3. The minimum absolute atomic E-state index is 0. The van der Waals surface area contributed by atoms with Gasteiger partial charge in [-0.2, -0.15) is 0 Å². The molecule has 0 bridgehead atoms. The Hall–Kier alpha value is 1.52. The summed E-state index contributed by atoms with van der Waals surface area (Å²) in [5, 5.41) is 7.00. The zero-order chi connectivity index (χ0) is 5.54. The van der Waals surface area contributed by atoms with Gasteiger partial charge in [-0.15, -0.1) is 0 Å². The van der Waals surface area contributed by atoms with Gasteiger partial charge in [0, 0.05) is 20.3 Å². The first kappa shape index (κ1) is 16.9. The third-order valence-electron chi connectivity index (χ3n) is 0.827. The molecule has 1 heterocycles. The van der Waals surface area contributed by atoms with Gasteiger partial charge in [-0.05, 0) is 12.8 Å². The summed E-state index contributed by atoms with van der Waals surface area (Å²) in [4.78, 5) is 0. The average Bonchev–Trinajstić information content (AvgIpc) is 2.23. The quantitative estimate of drug-likeness (QED) is 0.390.